The molecule has 0 heterocycles. The first-order valence-electron chi connectivity index (χ1n) is 20.7. The maximum absolute atomic E-state index is 12.3. The molecule has 0 aliphatic rings. The van der Waals surface area contributed by atoms with Crippen molar-refractivity contribution in [3.05, 3.63) is 0 Å². The third kappa shape index (κ3) is 38.8. The van der Waals surface area contributed by atoms with E-state index in [-0.39, 0.29) is 121 Å². The second kappa shape index (κ2) is 39.0. The number of amides is 5. The number of carboxylic acid groups (broad SMARTS) is 2. The van der Waals surface area contributed by atoms with Gasteiger partial charge in [-0.3, -0.25) is 28.8 Å². The Balaban J connectivity index is 3.66. The first-order chi connectivity index (χ1) is 27.5. The van der Waals surface area contributed by atoms with E-state index in [1.165, 1.54) is 19.3 Å². The van der Waals surface area contributed by atoms with Crippen LogP contribution in [0.5, 0.6) is 0 Å². The number of nitrogens with one attached hydrogen (secondary N) is 5. The molecule has 7 N–H and O–H groups in total. The zero-order valence-corrected chi connectivity index (χ0v) is 34.2. The summed E-state index contributed by atoms with van der Waals surface area (Å²) in [5.41, 5.74) is 0. The van der Waals surface area contributed by atoms with E-state index in [2.05, 4.69) is 26.6 Å². The second-order valence-electron chi connectivity index (χ2n) is 13.6. The summed E-state index contributed by atoms with van der Waals surface area (Å²) in [5, 5.41) is 31.3. The van der Waals surface area contributed by atoms with Crippen LogP contribution in [0.1, 0.15) is 122 Å². The van der Waals surface area contributed by atoms with E-state index in [1.54, 1.807) is 0 Å². The van der Waals surface area contributed by atoms with Gasteiger partial charge in [0.2, 0.25) is 29.5 Å². The highest BCUT2D eigenvalue weighted by atomic mass is 16.5. The molecule has 57 heavy (non-hydrogen) atoms. The Bertz CT molecular complexity index is 1110. The minimum atomic E-state index is -1.19. The maximum Gasteiger partial charge on any atom is 0.326 e. The van der Waals surface area contributed by atoms with Crippen LogP contribution in [0, 0.1) is 0 Å². The Morgan fingerprint density at radius 3 is 1.32 bits per heavy atom. The fourth-order valence-corrected chi connectivity index (χ4v) is 5.33. The lowest BCUT2D eigenvalue weighted by atomic mass is 10.0. The summed E-state index contributed by atoms with van der Waals surface area (Å²) in [5.74, 6) is -3.28. The van der Waals surface area contributed by atoms with E-state index < -0.39 is 18.0 Å². The minimum Gasteiger partial charge on any atom is -0.481 e. The van der Waals surface area contributed by atoms with Crippen molar-refractivity contribution in [1.29, 1.82) is 0 Å². The molecular formula is C39H71N5O13. The first kappa shape index (κ1) is 53.1. The van der Waals surface area contributed by atoms with Crippen molar-refractivity contribution in [1.82, 2.24) is 26.6 Å². The van der Waals surface area contributed by atoms with Crippen molar-refractivity contribution in [3.8, 4) is 0 Å². The Hall–Kier alpha value is -3.87. The molecule has 18 heteroatoms. The number of hydrogen-bond acceptors (Lipinski definition) is 11. The third-order valence-corrected chi connectivity index (χ3v) is 8.43. The predicted octanol–water partition coefficient (Wildman–Crippen LogP) is 2.21. The van der Waals surface area contributed by atoms with Crippen LogP contribution in [0.15, 0.2) is 0 Å². The number of aliphatic carboxylic acids is 2. The summed E-state index contributed by atoms with van der Waals surface area (Å²) in [6, 6.07) is -1.14. The number of hydrogen-bond donors (Lipinski definition) is 7. The van der Waals surface area contributed by atoms with Crippen molar-refractivity contribution in [2.45, 2.75) is 129 Å². The van der Waals surface area contributed by atoms with E-state index in [0.29, 0.717) is 25.9 Å². The summed E-state index contributed by atoms with van der Waals surface area (Å²) < 4.78 is 21.2. The Morgan fingerprint density at radius 2 is 0.842 bits per heavy atom. The summed E-state index contributed by atoms with van der Waals surface area (Å²) in [4.78, 5) is 81.5. The molecule has 1 atom stereocenters. The SMILES string of the molecule is CCCC(=O)NCCNC(=O)COCCOCCNC(=O)COCCOCCNC(=O)CC[C@H](NC(=O)CCCCCCCCCCCCCCC(=O)O)C(=O)O. The molecule has 0 aliphatic heterocycles. The molecule has 5 amide bonds. The van der Waals surface area contributed by atoms with Crippen molar-refractivity contribution in [2.75, 3.05) is 79.0 Å². The molecule has 0 aromatic carbocycles. The van der Waals surface area contributed by atoms with Crippen LogP contribution in [0.4, 0.5) is 0 Å². The molecule has 18 nitrogen and oxygen atoms in total. The summed E-state index contributed by atoms with van der Waals surface area (Å²) in [6.07, 6.45) is 13.9. The fourth-order valence-electron chi connectivity index (χ4n) is 5.33. The molecule has 0 aromatic heterocycles. The van der Waals surface area contributed by atoms with E-state index in [4.69, 9.17) is 24.1 Å². The number of carbonyl (C=O) groups is 7. The maximum atomic E-state index is 12.3. The van der Waals surface area contributed by atoms with E-state index >= 15 is 0 Å². The van der Waals surface area contributed by atoms with Gasteiger partial charge in [0, 0.05) is 51.9 Å². The van der Waals surface area contributed by atoms with Gasteiger partial charge in [-0.1, -0.05) is 71.1 Å². The van der Waals surface area contributed by atoms with Gasteiger partial charge in [0.15, 0.2) is 0 Å². The quantitative estimate of drug-likeness (QED) is 0.0438. The van der Waals surface area contributed by atoms with E-state index in [9.17, 15) is 38.7 Å². The highest BCUT2D eigenvalue weighted by molar-refractivity contribution is 5.84. The average molecular weight is 818 g/mol. The van der Waals surface area contributed by atoms with Gasteiger partial charge in [-0.05, 0) is 25.7 Å². The predicted molar refractivity (Wildman–Crippen MR) is 211 cm³/mol. The molecule has 0 aromatic rings. The normalized spacial score (nSPS) is 11.4. The van der Waals surface area contributed by atoms with Crippen molar-refractivity contribution in [3.63, 3.8) is 0 Å². The zero-order valence-electron chi connectivity index (χ0n) is 34.2. The van der Waals surface area contributed by atoms with Gasteiger partial charge < -0.3 is 55.7 Å². The van der Waals surface area contributed by atoms with Gasteiger partial charge in [-0.2, -0.15) is 0 Å². The molecule has 0 spiro atoms. The second-order valence-corrected chi connectivity index (χ2v) is 13.6. The number of ether oxygens (including phenoxy) is 4. The van der Waals surface area contributed by atoms with Gasteiger partial charge in [0.05, 0.1) is 39.6 Å². The third-order valence-electron chi connectivity index (χ3n) is 8.43. The molecule has 0 bridgehead atoms. The molecule has 330 valence electrons. The van der Waals surface area contributed by atoms with Crippen LogP contribution in [0.2, 0.25) is 0 Å². The lowest BCUT2D eigenvalue weighted by molar-refractivity contribution is -0.142. The monoisotopic (exact) mass is 818 g/mol. The van der Waals surface area contributed by atoms with Gasteiger partial charge >= 0.3 is 11.9 Å². The lowest BCUT2D eigenvalue weighted by Gasteiger charge is -2.14. The Morgan fingerprint density at radius 1 is 0.439 bits per heavy atom. The van der Waals surface area contributed by atoms with E-state index in [1.807, 2.05) is 6.92 Å². The minimum absolute atomic E-state index is 0.0312. The van der Waals surface area contributed by atoms with Crippen LogP contribution < -0.4 is 26.6 Å². The van der Waals surface area contributed by atoms with Crippen LogP contribution in [-0.2, 0) is 52.5 Å². The highest BCUT2D eigenvalue weighted by Crippen LogP contribution is 2.13. The molecular weight excluding hydrogens is 746 g/mol. The van der Waals surface area contributed by atoms with Crippen molar-refractivity contribution < 1.29 is 62.7 Å². The van der Waals surface area contributed by atoms with Crippen LogP contribution >= 0.6 is 0 Å². The number of carboxylic acids is 2. The number of carbonyl (C=O) groups excluding carboxylic acids is 5. The molecule has 0 fully saturated rings. The van der Waals surface area contributed by atoms with Gasteiger partial charge in [0.1, 0.15) is 19.3 Å². The summed E-state index contributed by atoms with van der Waals surface area (Å²) in [7, 11) is 0. The molecule has 0 radical (unpaired) electrons. The smallest absolute Gasteiger partial charge is 0.326 e. The zero-order chi connectivity index (χ0) is 42.2. The molecule has 0 saturated carbocycles. The van der Waals surface area contributed by atoms with Gasteiger partial charge in [-0.15, -0.1) is 0 Å². The number of unbranched alkanes of at least 4 members (excludes halogenated alkanes) is 11. The largest absolute Gasteiger partial charge is 0.481 e. The highest BCUT2D eigenvalue weighted by Gasteiger charge is 2.20. The molecule has 0 unspecified atom stereocenters. The Kier molecular flexibility index (Phi) is 36.3. The van der Waals surface area contributed by atoms with Gasteiger partial charge in [0.25, 0.3) is 0 Å². The summed E-state index contributed by atoms with van der Waals surface area (Å²) >= 11 is 0. The van der Waals surface area contributed by atoms with Crippen molar-refractivity contribution >= 4 is 41.5 Å². The molecule has 0 saturated heterocycles. The van der Waals surface area contributed by atoms with Crippen molar-refractivity contribution in [2.24, 2.45) is 0 Å². The average Bonchev–Trinajstić information content (AvgIpc) is 3.17. The van der Waals surface area contributed by atoms with E-state index in [0.717, 1.165) is 57.8 Å². The fraction of sp³-hybridized carbons (Fsp3) is 0.821. The Labute approximate surface area is 338 Å². The summed E-state index contributed by atoms with van der Waals surface area (Å²) in [6.45, 7) is 4.06. The topological polar surface area (TPSA) is 257 Å². The first-order valence-corrected chi connectivity index (χ1v) is 20.7. The van der Waals surface area contributed by atoms with Crippen LogP contribution in [-0.4, -0.2) is 137 Å². The number of rotatable bonds is 41. The lowest BCUT2D eigenvalue weighted by Crippen LogP contribution is -2.41. The van der Waals surface area contributed by atoms with Crippen LogP contribution in [0.25, 0.3) is 0 Å². The van der Waals surface area contributed by atoms with Crippen LogP contribution in [0.3, 0.4) is 0 Å². The van der Waals surface area contributed by atoms with Gasteiger partial charge in [-0.25, -0.2) is 4.79 Å². The molecule has 0 aliphatic carbocycles. The standard InChI is InChI=1S/C39H71N5O13/c1-2-15-33(45)40-20-21-41-36(48)30-56-28-27-55-25-23-43-37(49)31-57-29-26-54-24-22-42-34(46)19-18-32(39(52)53)44-35(47)16-13-11-9-7-5-3-4-6-8-10-12-14-17-38(50)51/h32H,2-31H2,1H3,(H,40,45)(H,41,48)(H,42,46)(H,43,49)(H,44,47)(H,50,51)(H,52,53)/t32-/m0/s1. The molecule has 0 rings (SSSR count).